The number of nitrogens with zero attached hydrogens (tertiary/aromatic N) is 2. The van der Waals surface area contributed by atoms with E-state index in [1.54, 1.807) is 11.8 Å². The van der Waals surface area contributed by atoms with Crippen molar-refractivity contribution in [2.24, 2.45) is 0 Å². The summed E-state index contributed by atoms with van der Waals surface area (Å²) in [6.07, 6.45) is 2.06. The van der Waals surface area contributed by atoms with Crippen molar-refractivity contribution in [1.29, 1.82) is 0 Å². The topological polar surface area (TPSA) is 25.8 Å². The maximum Gasteiger partial charge on any atom is 0.159 e. The first-order chi connectivity index (χ1) is 8.22. The SMILES string of the molecule is CSc1ccc(-c2nc(C)cc(CCl)n2)cc1. The van der Waals surface area contributed by atoms with Gasteiger partial charge in [0.15, 0.2) is 5.82 Å². The molecular formula is C13H13ClN2S. The predicted octanol–water partition coefficient (Wildman–Crippen LogP) is 3.91. The molecule has 0 spiro atoms. The van der Waals surface area contributed by atoms with Crippen molar-refractivity contribution < 1.29 is 0 Å². The summed E-state index contributed by atoms with van der Waals surface area (Å²) in [5.41, 5.74) is 2.83. The molecule has 0 amide bonds. The van der Waals surface area contributed by atoms with Crippen molar-refractivity contribution >= 4 is 23.4 Å². The van der Waals surface area contributed by atoms with Crippen molar-refractivity contribution in [2.75, 3.05) is 6.26 Å². The second-order valence-electron chi connectivity index (χ2n) is 3.69. The molecule has 0 radical (unpaired) electrons. The monoisotopic (exact) mass is 264 g/mol. The molecule has 1 aromatic heterocycles. The fourth-order valence-electron chi connectivity index (χ4n) is 1.57. The van der Waals surface area contributed by atoms with E-state index in [9.17, 15) is 0 Å². The summed E-state index contributed by atoms with van der Waals surface area (Å²) >= 11 is 7.53. The first kappa shape index (κ1) is 12.4. The molecule has 2 nitrogen and oxygen atoms in total. The van der Waals surface area contributed by atoms with Gasteiger partial charge in [-0.1, -0.05) is 12.1 Å². The third-order valence-corrected chi connectivity index (χ3v) is 3.41. The summed E-state index contributed by atoms with van der Waals surface area (Å²) in [5.74, 6) is 1.16. The summed E-state index contributed by atoms with van der Waals surface area (Å²) in [7, 11) is 0. The Bertz CT molecular complexity index is 511. The van der Waals surface area contributed by atoms with Crippen LogP contribution in [-0.4, -0.2) is 16.2 Å². The fraction of sp³-hybridized carbons (Fsp3) is 0.231. The van der Waals surface area contributed by atoms with Crippen molar-refractivity contribution in [3.8, 4) is 11.4 Å². The minimum absolute atomic E-state index is 0.416. The molecule has 17 heavy (non-hydrogen) atoms. The largest absolute Gasteiger partial charge is 0.233 e. The molecule has 0 aliphatic carbocycles. The highest BCUT2D eigenvalue weighted by atomic mass is 35.5. The second-order valence-corrected chi connectivity index (χ2v) is 4.83. The van der Waals surface area contributed by atoms with Crippen LogP contribution >= 0.6 is 23.4 Å². The van der Waals surface area contributed by atoms with Crippen molar-refractivity contribution in [2.45, 2.75) is 17.7 Å². The second kappa shape index (κ2) is 5.52. The Balaban J connectivity index is 2.41. The number of rotatable bonds is 3. The third kappa shape index (κ3) is 2.99. The van der Waals surface area contributed by atoms with Gasteiger partial charge in [-0.05, 0) is 31.4 Å². The fourth-order valence-corrected chi connectivity index (χ4v) is 2.12. The molecule has 2 rings (SSSR count). The molecule has 0 fully saturated rings. The molecule has 4 heteroatoms. The van der Waals surface area contributed by atoms with Gasteiger partial charge >= 0.3 is 0 Å². The van der Waals surface area contributed by atoms with E-state index >= 15 is 0 Å². The van der Waals surface area contributed by atoms with Gasteiger partial charge in [0, 0.05) is 16.2 Å². The smallest absolute Gasteiger partial charge is 0.159 e. The van der Waals surface area contributed by atoms with Gasteiger partial charge in [-0.3, -0.25) is 0 Å². The first-order valence-electron chi connectivity index (χ1n) is 5.28. The number of alkyl halides is 1. The molecule has 0 saturated carbocycles. The zero-order valence-corrected chi connectivity index (χ0v) is 11.3. The van der Waals surface area contributed by atoms with Crippen LogP contribution in [0.3, 0.4) is 0 Å². The van der Waals surface area contributed by atoms with Gasteiger partial charge in [0.25, 0.3) is 0 Å². The molecule has 0 saturated heterocycles. The maximum atomic E-state index is 5.81. The molecule has 2 aromatic rings. The van der Waals surface area contributed by atoms with E-state index in [1.165, 1.54) is 4.90 Å². The normalized spacial score (nSPS) is 10.5. The van der Waals surface area contributed by atoms with Crippen LogP contribution < -0.4 is 0 Å². The van der Waals surface area contributed by atoms with Crippen LogP contribution in [0.25, 0.3) is 11.4 Å². The number of thioether (sulfide) groups is 1. The highest BCUT2D eigenvalue weighted by Gasteiger charge is 2.04. The average Bonchev–Trinajstić information content (AvgIpc) is 2.38. The van der Waals surface area contributed by atoms with E-state index in [2.05, 4.69) is 28.4 Å². The van der Waals surface area contributed by atoms with E-state index in [-0.39, 0.29) is 0 Å². The quantitative estimate of drug-likeness (QED) is 0.621. The number of hydrogen-bond acceptors (Lipinski definition) is 3. The number of halogens is 1. The Hall–Kier alpha value is -1.06. The zero-order chi connectivity index (χ0) is 12.3. The van der Waals surface area contributed by atoms with E-state index in [0.29, 0.717) is 5.88 Å². The molecule has 0 N–H and O–H groups in total. The third-order valence-electron chi connectivity index (χ3n) is 2.39. The summed E-state index contributed by atoms with van der Waals surface area (Å²) in [6.45, 7) is 1.96. The Kier molecular flexibility index (Phi) is 4.02. The van der Waals surface area contributed by atoms with Crippen molar-refractivity contribution in [3.05, 3.63) is 41.7 Å². The van der Waals surface area contributed by atoms with Crippen molar-refractivity contribution in [1.82, 2.24) is 9.97 Å². The predicted molar refractivity (Wildman–Crippen MR) is 73.5 cm³/mol. The van der Waals surface area contributed by atoms with E-state index in [1.807, 2.05) is 25.1 Å². The lowest BCUT2D eigenvalue weighted by Gasteiger charge is -2.04. The average molecular weight is 265 g/mol. The van der Waals surface area contributed by atoms with Gasteiger partial charge in [0.1, 0.15) is 0 Å². The van der Waals surface area contributed by atoms with Crippen LogP contribution in [-0.2, 0) is 5.88 Å². The van der Waals surface area contributed by atoms with Gasteiger partial charge in [0.05, 0.1) is 11.6 Å². The Morgan fingerprint density at radius 1 is 1.18 bits per heavy atom. The van der Waals surface area contributed by atoms with E-state index in [4.69, 9.17) is 11.6 Å². The van der Waals surface area contributed by atoms with Crippen LogP contribution in [0.4, 0.5) is 0 Å². The van der Waals surface area contributed by atoms with Gasteiger partial charge in [-0.15, -0.1) is 23.4 Å². The molecule has 1 heterocycles. The van der Waals surface area contributed by atoms with Crippen LogP contribution in [0.5, 0.6) is 0 Å². The zero-order valence-electron chi connectivity index (χ0n) is 9.77. The number of hydrogen-bond donors (Lipinski definition) is 0. The lowest BCUT2D eigenvalue weighted by molar-refractivity contribution is 1.05. The highest BCUT2D eigenvalue weighted by Crippen LogP contribution is 2.21. The molecule has 0 atom stereocenters. The van der Waals surface area contributed by atoms with Gasteiger partial charge in [0.2, 0.25) is 0 Å². The number of benzene rings is 1. The van der Waals surface area contributed by atoms with E-state index in [0.717, 1.165) is 22.8 Å². The Morgan fingerprint density at radius 2 is 1.88 bits per heavy atom. The molecule has 0 bridgehead atoms. The van der Waals surface area contributed by atoms with Gasteiger partial charge in [-0.2, -0.15) is 0 Å². The molecule has 1 aromatic carbocycles. The Morgan fingerprint density at radius 3 is 2.47 bits per heavy atom. The molecule has 0 aliphatic heterocycles. The lowest BCUT2D eigenvalue weighted by Crippen LogP contribution is -1.96. The first-order valence-corrected chi connectivity index (χ1v) is 7.04. The standard InChI is InChI=1S/C13H13ClN2S/c1-9-7-11(8-14)16-13(15-9)10-3-5-12(17-2)6-4-10/h3-7H,8H2,1-2H3. The van der Waals surface area contributed by atoms with E-state index < -0.39 is 0 Å². The van der Waals surface area contributed by atoms with Gasteiger partial charge in [-0.25, -0.2) is 9.97 Å². The molecule has 0 aliphatic rings. The number of aryl methyl sites for hydroxylation is 1. The molecular weight excluding hydrogens is 252 g/mol. The van der Waals surface area contributed by atoms with Crippen LogP contribution in [0, 0.1) is 6.92 Å². The van der Waals surface area contributed by atoms with Crippen LogP contribution in [0.15, 0.2) is 35.2 Å². The minimum Gasteiger partial charge on any atom is -0.233 e. The number of aromatic nitrogens is 2. The lowest BCUT2D eigenvalue weighted by atomic mass is 10.2. The van der Waals surface area contributed by atoms with Crippen LogP contribution in [0.1, 0.15) is 11.4 Å². The summed E-state index contributed by atoms with van der Waals surface area (Å²) < 4.78 is 0. The summed E-state index contributed by atoms with van der Waals surface area (Å²) in [5, 5.41) is 0. The maximum absolute atomic E-state index is 5.81. The summed E-state index contributed by atoms with van der Waals surface area (Å²) in [4.78, 5) is 10.1. The van der Waals surface area contributed by atoms with Crippen molar-refractivity contribution in [3.63, 3.8) is 0 Å². The minimum atomic E-state index is 0.416. The molecule has 0 unspecified atom stereocenters. The van der Waals surface area contributed by atoms with Crippen LogP contribution in [0.2, 0.25) is 0 Å². The Labute approximate surface area is 110 Å². The van der Waals surface area contributed by atoms with Gasteiger partial charge < -0.3 is 0 Å². The summed E-state index contributed by atoms with van der Waals surface area (Å²) in [6, 6.07) is 10.1. The molecule has 88 valence electrons. The highest BCUT2D eigenvalue weighted by molar-refractivity contribution is 7.98.